The van der Waals surface area contributed by atoms with Gasteiger partial charge in [0, 0.05) is 10.3 Å². The van der Waals surface area contributed by atoms with Gasteiger partial charge in [-0.25, -0.2) is 4.79 Å². The highest BCUT2D eigenvalue weighted by Gasteiger charge is 2.21. The van der Waals surface area contributed by atoms with E-state index in [-0.39, 0.29) is 18.6 Å². The molecule has 0 saturated carbocycles. The minimum absolute atomic E-state index is 0.119. The third-order valence-electron chi connectivity index (χ3n) is 4.29. The van der Waals surface area contributed by atoms with E-state index in [0.717, 1.165) is 30.4 Å². The van der Waals surface area contributed by atoms with Crippen molar-refractivity contribution in [3.63, 3.8) is 0 Å². The molecule has 0 fully saturated rings. The molecule has 126 valence electrons. The van der Waals surface area contributed by atoms with Crippen LogP contribution in [-0.4, -0.2) is 18.5 Å². The normalized spacial score (nSPS) is 14.5. The maximum absolute atomic E-state index is 12.2. The van der Waals surface area contributed by atoms with Gasteiger partial charge in [0.25, 0.3) is 5.91 Å². The lowest BCUT2D eigenvalue weighted by Crippen LogP contribution is -2.31. The van der Waals surface area contributed by atoms with Gasteiger partial charge < -0.3 is 10.1 Å². The van der Waals surface area contributed by atoms with Crippen molar-refractivity contribution in [3.05, 3.63) is 57.3 Å². The number of aryl methyl sites for hydroxylation is 1. The molecular weight excluding hydrogens is 322 g/mol. The predicted molar refractivity (Wildman–Crippen MR) is 94.2 cm³/mol. The monoisotopic (exact) mass is 343 g/mol. The molecule has 1 aliphatic rings. The van der Waals surface area contributed by atoms with Crippen LogP contribution in [0, 0.1) is 0 Å². The average Bonchev–Trinajstić information content (AvgIpc) is 3.04. The molecule has 0 saturated heterocycles. The summed E-state index contributed by atoms with van der Waals surface area (Å²) in [6.07, 6.45) is 4.27. The van der Waals surface area contributed by atoms with Crippen LogP contribution >= 0.6 is 11.3 Å². The van der Waals surface area contributed by atoms with Crippen LogP contribution in [0.15, 0.2) is 35.7 Å². The number of esters is 1. The van der Waals surface area contributed by atoms with E-state index in [1.165, 1.54) is 11.3 Å². The van der Waals surface area contributed by atoms with E-state index in [1.54, 1.807) is 11.3 Å². The van der Waals surface area contributed by atoms with E-state index in [2.05, 4.69) is 5.32 Å². The molecule has 1 amide bonds. The Balaban J connectivity index is 1.53. The number of benzene rings is 1. The molecule has 1 aromatic carbocycles. The van der Waals surface area contributed by atoms with Gasteiger partial charge >= 0.3 is 5.97 Å². The first-order valence-corrected chi connectivity index (χ1v) is 9.14. The van der Waals surface area contributed by atoms with Gasteiger partial charge in [-0.15, -0.1) is 11.3 Å². The smallest absolute Gasteiger partial charge is 0.339 e. The lowest BCUT2D eigenvalue weighted by Gasteiger charge is -2.15. The SMILES string of the molecule is CC(NC(=O)COC(=O)c1csc2c1CCCC2)c1ccccc1. The van der Waals surface area contributed by atoms with Gasteiger partial charge in [0.1, 0.15) is 0 Å². The van der Waals surface area contributed by atoms with Crippen LogP contribution in [0.25, 0.3) is 0 Å². The first kappa shape index (κ1) is 16.7. The van der Waals surface area contributed by atoms with Gasteiger partial charge in [-0.05, 0) is 43.7 Å². The molecule has 4 nitrogen and oxygen atoms in total. The second-order valence-corrected chi connectivity index (χ2v) is 7.00. The number of fused-ring (bicyclic) bond motifs is 1. The molecule has 0 aliphatic heterocycles. The summed E-state index contributed by atoms with van der Waals surface area (Å²) in [5.41, 5.74) is 2.78. The molecule has 3 rings (SSSR count). The van der Waals surface area contributed by atoms with Gasteiger partial charge in [-0.3, -0.25) is 4.79 Å². The summed E-state index contributed by atoms with van der Waals surface area (Å²) in [7, 11) is 0. The maximum Gasteiger partial charge on any atom is 0.339 e. The van der Waals surface area contributed by atoms with E-state index in [0.29, 0.717) is 5.56 Å². The van der Waals surface area contributed by atoms with E-state index in [9.17, 15) is 9.59 Å². The van der Waals surface area contributed by atoms with E-state index < -0.39 is 5.97 Å². The topological polar surface area (TPSA) is 55.4 Å². The Hall–Kier alpha value is -2.14. The zero-order chi connectivity index (χ0) is 16.9. The third-order valence-corrected chi connectivity index (χ3v) is 5.38. The first-order valence-electron chi connectivity index (χ1n) is 8.26. The van der Waals surface area contributed by atoms with Gasteiger partial charge in [0.05, 0.1) is 11.6 Å². The lowest BCUT2D eigenvalue weighted by atomic mass is 9.96. The highest BCUT2D eigenvalue weighted by molar-refractivity contribution is 7.10. The number of thiophene rings is 1. The Morgan fingerprint density at radius 1 is 1.21 bits per heavy atom. The van der Waals surface area contributed by atoms with E-state index >= 15 is 0 Å². The van der Waals surface area contributed by atoms with Crippen molar-refractivity contribution >= 4 is 23.2 Å². The Morgan fingerprint density at radius 2 is 1.96 bits per heavy atom. The maximum atomic E-state index is 12.2. The number of ether oxygens (including phenoxy) is 1. The molecular formula is C19H21NO3S. The highest BCUT2D eigenvalue weighted by atomic mass is 32.1. The summed E-state index contributed by atoms with van der Waals surface area (Å²) >= 11 is 1.62. The lowest BCUT2D eigenvalue weighted by molar-refractivity contribution is -0.124. The number of hydrogen-bond donors (Lipinski definition) is 1. The van der Waals surface area contributed by atoms with Crippen molar-refractivity contribution in [3.8, 4) is 0 Å². The Morgan fingerprint density at radius 3 is 2.75 bits per heavy atom. The largest absolute Gasteiger partial charge is 0.452 e. The fourth-order valence-corrected chi connectivity index (χ4v) is 4.10. The summed E-state index contributed by atoms with van der Waals surface area (Å²) in [5.74, 6) is -0.680. The predicted octanol–water partition coefficient (Wildman–Crippen LogP) is 3.66. The van der Waals surface area contributed by atoms with Crippen molar-refractivity contribution in [1.82, 2.24) is 5.32 Å². The summed E-state index contributed by atoms with van der Waals surface area (Å²) < 4.78 is 5.21. The third kappa shape index (κ3) is 3.85. The molecule has 1 heterocycles. The van der Waals surface area contributed by atoms with Crippen LogP contribution in [0.5, 0.6) is 0 Å². The first-order chi connectivity index (χ1) is 11.6. The van der Waals surface area contributed by atoms with E-state index in [4.69, 9.17) is 4.74 Å². The number of carbonyl (C=O) groups excluding carboxylic acids is 2. The molecule has 2 aromatic rings. The van der Waals surface area contributed by atoms with Crippen LogP contribution in [0.2, 0.25) is 0 Å². The summed E-state index contributed by atoms with van der Waals surface area (Å²) in [6, 6.07) is 9.58. The Kier molecular flexibility index (Phi) is 5.30. The van der Waals surface area contributed by atoms with Gasteiger partial charge in [-0.2, -0.15) is 0 Å². The van der Waals surface area contributed by atoms with Crippen LogP contribution in [0.1, 0.15) is 52.2 Å². The molecule has 1 aliphatic carbocycles. The van der Waals surface area contributed by atoms with Crippen LogP contribution < -0.4 is 5.32 Å². The number of amides is 1. The van der Waals surface area contributed by atoms with Crippen molar-refractivity contribution in [2.75, 3.05) is 6.61 Å². The number of nitrogens with one attached hydrogen (secondary N) is 1. The second-order valence-electron chi connectivity index (χ2n) is 6.03. The van der Waals surface area contributed by atoms with Crippen LogP contribution in [-0.2, 0) is 22.4 Å². The molecule has 0 radical (unpaired) electrons. The second kappa shape index (κ2) is 7.62. The van der Waals surface area contributed by atoms with Crippen LogP contribution in [0.3, 0.4) is 0 Å². The van der Waals surface area contributed by atoms with Crippen molar-refractivity contribution in [2.45, 2.75) is 38.6 Å². The molecule has 1 N–H and O–H groups in total. The van der Waals surface area contributed by atoms with Crippen molar-refractivity contribution in [2.24, 2.45) is 0 Å². The molecule has 24 heavy (non-hydrogen) atoms. The summed E-state index contributed by atoms with van der Waals surface area (Å²) in [4.78, 5) is 25.5. The van der Waals surface area contributed by atoms with Crippen LogP contribution in [0.4, 0.5) is 0 Å². The molecule has 1 aromatic heterocycles. The number of hydrogen-bond acceptors (Lipinski definition) is 4. The molecule has 1 unspecified atom stereocenters. The van der Waals surface area contributed by atoms with Crippen molar-refractivity contribution in [1.29, 1.82) is 0 Å². The highest BCUT2D eigenvalue weighted by Crippen LogP contribution is 2.30. The fourth-order valence-electron chi connectivity index (χ4n) is 2.98. The quantitative estimate of drug-likeness (QED) is 0.843. The number of rotatable bonds is 5. The van der Waals surface area contributed by atoms with Gasteiger partial charge in [-0.1, -0.05) is 30.3 Å². The van der Waals surface area contributed by atoms with Crippen molar-refractivity contribution < 1.29 is 14.3 Å². The minimum Gasteiger partial charge on any atom is -0.452 e. The summed E-state index contributed by atoms with van der Waals surface area (Å²) in [6.45, 7) is 1.66. The average molecular weight is 343 g/mol. The molecule has 0 spiro atoms. The fraction of sp³-hybridized carbons (Fsp3) is 0.368. The molecule has 5 heteroatoms. The minimum atomic E-state index is -0.392. The standard InChI is InChI=1S/C19H21NO3S/c1-13(14-7-3-2-4-8-14)20-18(21)11-23-19(22)16-12-24-17-10-6-5-9-15(16)17/h2-4,7-8,12-13H,5-6,9-11H2,1H3,(H,20,21). The van der Waals surface area contributed by atoms with Gasteiger partial charge in [0.15, 0.2) is 6.61 Å². The Bertz CT molecular complexity index is 723. The van der Waals surface area contributed by atoms with E-state index in [1.807, 2.05) is 42.6 Å². The zero-order valence-corrected chi connectivity index (χ0v) is 14.5. The zero-order valence-electron chi connectivity index (χ0n) is 13.7. The molecule has 1 atom stereocenters. The van der Waals surface area contributed by atoms with Gasteiger partial charge in [0.2, 0.25) is 0 Å². The Labute approximate surface area is 145 Å². The summed E-state index contributed by atoms with van der Waals surface area (Å²) in [5, 5.41) is 4.71. The molecule has 0 bridgehead atoms. The number of carbonyl (C=O) groups is 2.